The molecule has 0 aliphatic carbocycles. The third-order valence-corrected chi connectivity index (χ3v) is 7.31. The Hall–Kier alpha value is -3.52. The van der Waals surface area contributed by atoms with Gasteiger partial charge in [-0.1, -0.05) is 53.5 Å². The third kappa shape index (κ3) is 8.03. The number of carbonyl (C=O) groups is 2. The number of benzene rings is 2. The van der Waals surface area contributed by atoms with Crippen molar-refractivity contribution in [1.82, 2.24) is 9.80 Å². The molecular formula is C33H46N2O6. The molecule has 224 valence electrons. The van der Waals surface area contributed by atoms with Crippen molar-refractivity contribution in [3.05, 3.63) is 59.2 Å². The number of amides is 1. The summed E-state index contributed by atoms with van der Waals surface area (Å²) in [7, 11) is 1.57. The monoisotopic (exact) mass is 566 g/mol. The highest BCUT2D eigenvalue weighted by Gasteiger charge is 2.46. The van der Waals surface area contributed by atoms with Gasteiger partial charge in [-0.25, -0.2) is 0 Å². The van der Waals surface area contributed by atoms with Crippen molar-refractivity contribution in [2.75, 3.05) is 46.5 Å². The Morgan fingerprint density at radius 1 is 0.976 bits per heavy atom. The lowest BCUT2D eigenvalue weighted by Crippen LogP contribution is -2.38. The summed E-state index contributed by atoms with van der Waals surface area (Å²) >= 11 is 0. The van der Waals surface area contributed by atoms with Crippen molar-refractivity contribution in [1.29, 1.82) is 0 Å². The summed E-state index contributed by atoms with van der Waals surface area (Å²) in [4.78, 5) is 30.6. The van der Waals surface area contributed by atoms with Crippen molar-refractivity contribution in [2.45, 2.75) is 59.9 Å². The van der Waals surface area contributed by atoms with Gasteiger partial charge in [-0.15, -0.1) is 0 Å². The van der Waals surface area contributed by atoms with E-state index in [2.05, 4.69) is 39.5 Å². The third-order valence-electron chi connectivity index (χ3n) is 7.31. The summed E-state index contributed by atoms with van der Waals surface area (Å²) in [6.07, 6.45) is 3.11. The molecule has 2 aromatic carbocycles. The second-order valence-corrected chi connectivity index (χ2v) is 10.7. The lowest BCUT2D eigenvalue weighted by atomic mass is 9.95. The number of nitrogens with zero attached hydrogens (tertiary/aromatic N) is 2. The average Bonchev–Trinajstić information content (AvgIpc) is 3.23. The first-order chi connectivity index (χ1) is 19.7. The van der Waals surface area contributed by atoms with Gasteiger partial charge in [0.05, 0.1) is 31.9 Å². The average molecular weight is 567 g/mol. The number of hydrogen-bond acceptors (Lipinski definition) is 7. The fourth-order valence-electron chi connectivity index (χ4n) is 4.88. The first-order valence-corrected chi connectivity index (χ1v) is 14.8. The maximum Gasteiger partial charge on any atom is 0.295 e. The molecule has 41 heavy (non-hydrogen) atoms. The van der Waals surface area contributed by atoms with Crippen LogP contribution >= 0.6 is 0 Å². The molecule has 1 atom stereocenters. The fraction of sp³-hybridized carbons (Fsp3) is 0.515. The molecule has 1 amide bonds. The van der Waals surface area contributed by atoms with E-state index in [1.54, 1.807) is 42.3 Å². The van der Waals surface area contributed by atoms with E-state index in [4.69, 9.17) is 14.2 Å². The summed E-state index contributed by atoms with van der Waals surface area (Å²) in [5.41, 5.74) is 1.17. The SMILES string of the molecule is CCCCCOc1ccc(C2/C(=C(\O)c3ccc(OCC(C)C)cc3)C(=O)C(=O)N2CCN(CC)CC)cc1OC. The number of hydrogen-bond donors (Lipinski definition) is 1. The molecule has 1 heterocycles. The number of carbonyl (C=O) groups excluding carboxylic acids is 2. The number of ketones is 1. The molecule has 1 fully saturated rings. The number of aliphatic hydroxyl groups excluding tert-OH is 1. The van der Waals surface area contributed by atoms with Crippen LogP contribution < -0.4 is 14.2 Å². The van der Waals surface area contributed by atoms with Gasteiger partial charge in [-0.05, 0) is 67.4 Å². The summed E-state index contributed by atoms with van der Waals surface area (Å²) in [5.74, 6) is 0.620. The second kappa shape index (κ2) is 15.5. The molecule has 1 saturated heterocycles. The van der Waals surface area contributed by atoms with Gasteiger partial charge in [0.2, 0.25) is 0 Å². The zero-order valence-electron chi connectivity index (χ0n) is 25.4. The molecular weight excluding hydrogens is 520 g/mol. The van der Waals surface area contributed by atoms with Crippen LogP contribution in [0.2, 0.25) is 0 Å². The van der Waals surface area contributed by atoms with Crippen LogP contribution in [0.15, 0.2) is 48.0 Å². The molecule has 0 spiro atoms. The molecule has 1 aliphatic heterocycles. The Labute approximate surface area is 244 Å². The molecule has 0 radical (unpaired) electrons. The van der Waals surface area contributed by atoms with Gasteiger partial charge in [-0.3, -0.25) is 9.59 Å². The van der Waals surface area contributed by atoms with E-state index in [1.165, 1.54) is 0 Å². The van der Waals surface area contributed by atoms with Gasteiger partial charge in [0, 0.05) is 18.7 Å². The maximum atomic E-state index is 13.5. The summed E-state index contributed by atoms with van der Waals surface area (Å²) in [6.45, 7) is 14.2. The van der Waals surface area contributed by atoms with Crippen LogP contribution in [0.3, 0.4) is 0 Å². The number of likely N-dealkylation sites (N-methyl/N-ethyl adjacent to an activating group) is 1. The van der Waals surface area contributed by atoms with Crippen LogP contribution in [-0.4, -0.2) is 73.1 Å². The number of ether oxygens (including phenoxy) is 3. The predicted octanol–water partition coefficient (Wildman–Crippen LogP) is 6.06. The van der Waals surface area contributed by atoms with Crippen molar-refractivity contribution in [3.8, 4) is 17.2 Å². The highest BCUT2D eigenvalue weighted by molar-refractivity contribution is 6.46. The van der Waals surface area contributed by atoms with E-state index in [0.717, 1.165) is 32.4 Å². The lowest BCUT2D eigenvalue weighted by Gasteiger charge is -2.28. The minimum Gasteiger partial charge on any atom is -0.507 e. The molecule has 8 nitrogen and oxygen atoms in total. The van der Waals surface area contributed by atoms with E-state index in [9.17, 15) is 14.7 Å². The van der Waals surface area contributed by atoms with Crippen molar-refractivity contribution in [2.24, 2.45) is 5.92 Å². The number of rotatable bonds is 16. The second-order valence-electron chi connectivity index (χ2n) is 10.7. The largest absolute Gasteiger partial charge is 0.507 e. The summed E-state index contributed by atoms with van der Waals surface area (Å²) in [6, 6.07) is 11.6. The summed E-state index contributed by atoms with van der Waals surface area (Å²) < 4.78 is 17.4. The van der Waals surface area contributed by atoms with E-state index in [0.29, 0.717) is 60.6 Å². The van der Waals surface area contributed by atoms with Crippen molar-refractivity contribution >= 4 is 17.4 Å². The number of aliphatic hydroxyl groups is 1. The van der Waals surface area contributed by atoms with Crippen LogP contribution in [0.25, 0.3) is 5.76 Å². The number of likely N-dealkylation sites (tertiary alicyclic amines) is 1. The molecule has 1 N–H and O–H groups in total. The van der Waals surface area contributed by atoms with Crippen LogP contribution in [0.4, 0.5) is 0 Å². The van der Waals surface area contributed by atoms with Gasteiger partial charge >= 0.3 is 0 Å². The zero-order chi connectivity index (χ0) is 29.9. The van der Waals surface area contributed by atoms with Crippen LogP contribution in [-0.2, 0) is 9.59 Å². The molecule has 0 aromatic heterocycles. The molecule has 1 aliphatic rings. The zero-order valence-corrected chi connectivity index (χ0v) is 25.4. The lowest BCUT2D eigenvalue weighted by molar-refractivity contribution is -0.140. The molecule has 1 unspecified atom stereocenters. The molecule has 0 saturated carbocycles. The van der Waals surface area contributed by atoms with E-state index < -0.39 is 17.7 Å². The number of methoxy groups -OCH3 is 1. The van der Waals surface area contributed by atoms with Gasteiger partial charge in [0.1, 0.15) is 11.5 Å². The van der Waals surface area contributed by atoms with E-state index in [1.807, 2.05) is 12.1 Å². The van der Waals surface area contributed by atoms with Crippen LogP contribution in [0, 0.1) is 5.92 Å². The highest BCUT2D eigenvalue weighted by Crippen LogP contribution is 2.42. The Kier molecular flexibility index (Phi) is 12.1. The normalized spacial score (nSPS) is 16.6. The van der Waals surface area contributed by atoms with Crippen LogP contribution in [0.1, 0.15) is 71.0 Å². The molecule has 2 aromatic rings. The quantitative estimate of drug-likeness (QED) is 0.114. The fourth-order valence-corrected chi connectivity index (χ4v) is 4.88. The highest BCUT2D eigenvalue weighted by atomic mass is 16.5. The number of Topliss-reactive ketones (excluding diaryl/α,β-unsaturated/α-hetero) is 1. The van der Waals surface area contributed by atoms with Gasteiger partial charge in [0.15, 0.2) is 11.5 Å². The molecule has 0 bridgehead atoms. The number of unbranched alkanes of at least 4 members (excludes halogenated alkanes) is 2. The van der Waals surface area contributed by atoms with E-state index in [-0.39, 0.29) is 11.3 Å². The Bertz CT molecular complexity index is 1190. The van der Waals surface area contributed by atoms with Gasteiger partial charge in [-0.2, -0.15) is 0 Å². The smallest absolute Gasteiger partial charge is 0.295 e. The standard InChI is InChI=1S/C33H46N2O6/c1-7-10-11-20-40-27-17-14-25(21-28(27)39-6)30-29(32(37)33(38)35(30)19-18-34(8-2)9-3)31(36)24-12-15-26(16-13-24)41-22-23(4)5/h12-17,21,23,30,36H,7-11,18-20,22H2,1-6H3/b31-29+. The maximum absolute atomic E-state index is 13.5. The minimum atomic E-state index is -0.773. The molecule has 8 heteroatoms. The predicted molar refractivity (Wildman–Crippen MR) is 162 cm³/mol. The topological polar surface area (TPSA) is 88.5 Å². The summed E-state index contributed by atoms with van der Waals surface area (Å²) in [5, 5.41) is 11.5. The first kappa shape index (κ1) is 32.0. The Morgan fingerprint density at radius 3 is 2.29 bits per heavy atom. The first-order valence-electron chi connectivity index (χ1n) is 14.8. The van der Waals surface area contributed by atoms with Gasteiger partial charge < -0.3 is 29.1 Å². The molecule has 3 rings (SSSR count). The Morgan fingerprint density at radius 2 is 1.68 bits per heavy atom. The van der Waals surface area contributed by atoms with Gasteiger partial charge in [0.25, 0.3) is 11.7 Å². The van der Waals surface area contributed by atoms with E-state index >= 15 is 0 Å². The van der Waals surface area contributed by atoms with Crippen LogP contribution in [0.5, 0.6) is 17.2 Å². The minimum absolute atomic E-state index is 0.0593. The van der Waals surface area contributed by atoms with Crippen molar-refractivity contribution < 1.29 is 28.9 Å². The Balaban J connectivity index is 2.03. The van der Waals surface area contributed by atoms with Crippen molar-refractivity contribution in [3.63, 3.8) is 0 Å².